The van der Waals surface area contributed by atoms with Crippen LogP contribution >= 0.6 is 23.5 Å². The molecule has 0 spiro atoms. The van der Waals surface area contributed by atoms with Gasteiger partial charge in [-0.3, -0.25) is 18.5 Å². The molecule has 0 aliphatic carbocycles. The third kappa shape index (κ3) is 7.95. The van der Waals surface area contributed by atoms with E-state index in [1.807, 2.05) is 0 Å². The topological polar surface area (TPSA) is 368 Å². The maximum absolute atomic E-state index is 12.3. The largest absolute Gasteiger partial charge is 0.756 e. The molecule has 2 aliphatic heterocycles. The zero-order valence-corrected chi connectivity index (χ0v) is 26.6. The van der Waals surface area contributed by atoms with Crippen molar-refractivity contribution in [3.63, 3.8) is 0 Å². The average molecular weight is 743 g/mol. The Morgan fingerprint density at radius 1 is 0.958 bits per heavy atom. The minimum absolute atomic E-state index is 0.00464. The molecule has 48 heavy (non-hydrogen) atoms. The number of amides is 1. The number of imidazole rings is 1. The van der Waals surface area contributed by atoms with E-state index in [0.29, 0.717) is 0 Å². The summed E-state index contributed by atoms with van der Waals surface area (Å²) in [6.45, 7) is -2.14. The van der Waals surface area contributed by atoms with Gasteiger partial charge in [-0.05, 0) is 6.07 Å². The molecule has 3 unspecified atom stereocenters. The fourth-order valence-electron chi connectivity index (χ4n) is 4.71. The van der Waals surface area contributed by atoms with Gasteiger partial charge in [0.1, 0.15) is 47.9 Å². The van der Waals surface area contributed by atoms with Crippen LogP contribution in [0.1, 0.15) is 22.8 Å². The molecule has 0 radical (unpaired) electrons. The Labute approximate surface area is 267 Å². The number of ether oxygens (including phenoxy) is 2. The Morgan fingerprint density at radius 3 is 2.33 bits per heavy atom. The molecule has 11 atom stereocenters. The van der Waals surface area contributed by atoms with E-state index in [0.717, 1.165) is 6.33 Å². The van der Waals surface area contributed by atoms with Crippen LogP contribution in [0.2, 0.25) is 0 Å². The molecular formula is C21H28N7O17P3. The Kier molecular flexibility index (Phi) is 10.5. The number of nitrogens with two attached hydrogens (primary N) is 2. The van der Waals surface area contributed by atoms with Crippen LogP contribution in [-0.4, -0.2) is 105 Å². The molecule has 0 bridgehead atoms. The van der Waals surface area contributed by atoms with Crippen LogP contribution < -0.4 is 20.9 Å². The van der Waals surface area contributed by atoms with Gasteiger partial charge in [0.05, 0.1) is 19.5 Å². The van der Waals surface area contributed by atoms with Crippen molar-refractivity contribution in [2.75, 3.05) is 18.9 Å². The van der Waals surface area contributed by atoms with Crippen LogP contribution in [0, 0.1) is 0 Å². The second kappa shape index (κ2) is 13.8. The molecule has 2 aliphatic rings. The second-order valence-corrected chi connectivity index (χ2v) is 14.8. The highest BCUT2D eigenvalue weighted by Crippen LogP contribution is 2.66. The molecule has 10 N–H and O–H groups in total. The van der Waals surface area contributed by atoms with Gasteiger partial charge in [-0.1, -0.05) is 0 Å². The smallest absolute Gasteiger partial charge is 0.487 e. The van der Waals surface area contributed by atoms with E-state index in [9.17, 15) is 53.6 Å². The quantitative estimate of drug-likeness (QED) is 0.0621. The van der Waals surface area contributed by atoms with Crippen molar-refractivity contribution in [1.82, 2.24) is 19.5 Å². The lowest BCUT2D eigenvalue weighted by molar-refractivity contribution is -0.765. The fourth-order valence-corrected chi connectivity index (χ4v) is 8.20. The number of carbonyl (C=O) groups is 1. The van der Waals surface area contributed by atoms with E-state index in [2.05, 4.69) is 32.6 Å². The molecule has 0 saturated carbocycles. The lowest BCUT2D eigenvalue weighted by atomic mass is 10.1. The summed E-state index contributed by atoms with van der Waals surface area (Å²) >= 11 is 0. The maximum Gasteiger partial charge on any atom is 0.487 e. The van der Waals surface area contributed by atoms with E-state index in [4.69, 9.17) is 20.9 Å². The summed E-state index contributed by atoms with van der Waals surface area (Å²) in [5.41, 5.74) is 11.2. The van der Waals surface area contributed by atoms with Gasteiger partial charge in [-0.15, -0.1) is 0 Å². The monoisotopic (exact) mass is 743 g/mol. The van der Waals surface area contributed by atoms with Crippen molar-refractivity contribution in [3.05, 3.63) is 42.7 Å². The lowest BCUT2D eigenvalue weighted by Gasteiger charge is -2.26. The Morgan fingerprint density at radius 2 is 1.62 bits per heavy atom. The number of pyridine rings is 1. The van der Waals surface area contributed by atoms with E-state index in [1.54, 1.807) is 0 Å². The molecular weight excluding hydrogens is 715 g/mol. The van der Waals surface area contributed by atoms with Gasteiger partial charge in [0, 0.05) is 6.07 Å². The molecule has 3 aromatic rings. The van der Waals surface area contributed by atoms with Crippen molar-refractivity contribution in [1.29, 1.82) is 0 Å². The molecule has 5 rings (SSSR count). The summed E-state index contributed by atoms with van der Waals surface area (Å²) in [6.07, 6.45) is -7.88. The number of aliphatic hydroxyl groups excluding tert-OH is 4. The molecule has 24 nitrogen and oxygen atoms in total. The van der Waals surface area contributed by atoms with E-state index < -0.39 is 91.7 Å². The molecule has 2 saturated heterocycles. The zero-order valence-electron chi connectivity index (χ0n) is 23.9. The number of fused-ring (bicyclic) bond motifs is 1. The van der Waals surface area contributed by atoms with Gasteiger partial charge >= 0.3 is 15.6 Å². The Balaban J connectivity index is 1.14. The van der Waals surface area contributed by atoms with Gasteiger partial charge in [0.25, 0.3) is 20.0 Å². The predicted octanol–water partition coefficient (Wildman–Crippen LogP) is -3.53. The average Bonchev–Trinajstić information content (AvgIpc) is 3.64. The predicted molar refractivity (Wildman–Crippen MR) is 148 cm³/mol. The molecule has 3 aromatic heterocycles. The molecule has 2 fully saturated rings. The van der Waals surface area contributed by atoms with Crippen LogP contribution in [0.4, 0.5) is 5.82 Å². The van der Waals surface area contributed by atoms with Gasteiger partial charge in [0.15, 0.2) is 36.2 Å². The number of phosphoric acid groups is 3. The molecule has 5 heterocycles. The first-order valence-electron chi connectivity index (χ1n) is 13.3. The molecule has 0 aromatic carbocycles. The third-order valence-electron chi connectivity index (χ3n) is 6.94. The summed E-state index contributed by atoms with van der Waals surface area (Å²) in [5.74, 6) is -0.803. The van der Waals surface area contributed by atoms with E-state index in [-0.39, 0.29) is 22.5 Å². The number of phosphoric ester groups is 2. The van der Waals surface area contributed by atoms with Crippen molar-refractivity contribution in [2.24, 2.45) is 5.73 Å². The summed E-state index contributed by atoms with van der Waals surface area (Å²) in [7, 11) is -17.5. The number of hydrogen-bond acceptors (Lipinski definition) is 19. The van der Waals surface area contributed by atoms with Crippen molar-refractivity contribution in [3.8, 4) is 0 Å². The first-order chi connectivity index (χ1) is 22.4. The highest BCUT2D eigenvalue weighted by molar-refractivity contribution is 7.66. The zero-order chi connectivity index (χ0) is 35.2. The number of aromatic nitrogens is 5. The van der Waals surface area contributed by atoms with E-state index in [1.165, 1.54) is 40.0 Å². The SMILES string of the molecule is NC(=O)c1ccc[n+]([C@@H]2O[C@H](COP(=O)(O)OP(=O)(O)OP(=O)([O-])OC[C@H]3O[C@@H](n4cnc5c(N)ncnc54)[C@H](O)[C@@H]3O)[C@@H](O)[C@H]2O)c1. The van der Waals surface area contributed by atoms with Crippen molar-refractivity contribution < 1.29 is 85.3 Å². The number of anilines is 1. The number of aliphatic hydroxyl groups is 4. The standard InChI is InChI=1S/C21H28N7O17P3/c22-17-12-19(25-7-24-17)28(8-26-12)21-16(32)14(30)11(43-21)6-41-47(36,37)45-48(38,39)44-46(34,35)40-5-10-13(29)15(31)20(42-10)27-3-1-2-9(4-27)18(23)33/h1-4,7-8,10-11,13-16,20-21,29-32H,5-6H2,(H6-,22,23,24,25,33,34,35,36,37,38,39)/t10-,11-,13-,14-,15-,16-,20-,21-/m1/s1. The first kappa shape index (κ1) is 36.4. The number of nitrogens with zero attached hydrogens (tertiary/aromatic N) is 5. The van der Waals surface area contributed by atoms with E-state index >= 15 is 0 Å². The maximum atomic E-state index is 12.3. The first-order valence-corrected chi connectivity index (χ1v) is 17.8. The Hall–Kier alpha value is -2.86. The minimum atomic E-state index is -6.00. The number of carbonyl (C=O) groups excluding carboxylic acids is 1. The summed E-state index contributed by atoms with van der Waals surface area (Å²) < 4.78 is 67.1. The molecule has 264 valence electrons. The Bertz CT molecular complexity index is 1820. The van der Waals surface area contributed by atoms with Crippen LogP contribution in [0.5, 0.6) is 0 Å². The number of rotatable bonds is 13. The lowest BCUT2D eigenvalue weighted by Crippen LogP contribution is -2.46. The third-order valence-corrected chi connectivity index (χ3v) is 11.2. The van der Waals surface area contributed by atoms with Crippen LogP contribution in [0.15, 0.2) is 37.2 Å². The normalized spacial score (nSPS) is 31.3. The molecule has 1 amide bonds. The van der Waals surface area contributed by atoms with Gasteiger partial charge in [0.2, 0.25) is 0 Å². The van der Waals surface area contributed by atoms with Crippen molar-refractivity contribution >= 4 is 46.4 Å². The number of nitrogen functional groups attached to an aromatic ring is 1. The molecule has 27 heteroatoms. The van der Waals surface area contributed by atoms with Gasteiger partial charge in [-0.2, -0.15) is 8.88 Å². The summed E-state index contributed by atoms with van der Waals surface area (Å²) in [6, 6.07) is 2.75. The minimum Gasteiger partial charge on any atom is -0.756 e. The van der Waals surface area contributed by atoms with Crippen LogP contribution in [-0.2, 0) is 40.8 Å². The summed E-state index contributed by atoms with van der Waals surface area (Å²) in [5, 5.41) is 41.5. The van der Waals surface area contributed by atoms with Crippen LogP contribution in [0.3, 0.4) is 0 Å². The summed E-state index contributed by atoms with van der Waals surface area (Å²) in [4.78, 5) is 55.2. The van der Waals surface area contributed by atoms with Crippen LogP contribution in [0.25, 0.3) is 11.2 Å². The number of hydrogen-bond donors (Lipinski definition) is 8. The highest BCUT2D eigenvalue weighted by atomic mass is 31.3. The second-order valence-electron chi connectivity index (χ2n) is 10.2. The van der Waals surface area contributed by atoms with Gasteiger partial charge < -0.3 is 60.6 Å². The number of primary amides is 1. The highest BCUT2D eigenvalue weighted by Gasteiger charge is 2.50. The van der Waals surface area contributed by atoms with Crippen molar-refractivity contribution in [2.45, 2.75) is 49.1 Å². The van der Waals surface area contributed by atoms with Gasteiger partial charge in [-0.25, -0.2) is 28.4 Å². The fraction of sp³-hybridized carbons (Fsp3) is 0.476.